The largest absolute Gasteiger partial charge is 0.491 e. The van der Waals surface area contributed by atoms with E-state index in [2.05, 4.69) is 33.4 Å². The summed E-state index contributed by atoms with van der Waals surface area (Å²) in [6, 6.07) is 15.9. The molecule has 0 atom stereocenters. The predicted molar refractivity (Wildman–Crippen MR) is 82.8 cm³/mol. The van der Waals surface area contributed by atoms with Crippen LogP contribution in [0.5, 0.6) is 5.75 Å². The second-order valence-corrected chi connectivity index (χ2v) is 5.41. The van der Waals surface area contributed by atoms with Gasteiger partial charge in [0.15, 0.2) is 0 Å². The van der Waals surface area contributed by atoms with Gasteiger partial charge in [0.1, 0.15) is 12.4 Å². The first-order valence-corrected chi connectivity index (χ1v) is 7.25. The zero-order chi connectivity index (χ0) is 13.5. The Morgan fingerprint density at radius 2 is 1.89 bits per heavy atom. The van der Waals surface area contributed by atoms with E-state index in [4.69, 9.17) is 16.3 Å². The Morgan fingerprint density at radius 1 is 1.11 bits per heavy atom. The Morgan fingerprint density at radius 3 is 2.63 bits per heavy atom. The van der Waals surface area contributed by atoms with Gasteiger partial charge in [0.2, 0.25) is 0 Å². The van der Waals surface area contributed by atoms with Crippen LogP contribution in [0.4, 0.5) is 0 Å². The molecule has 0 aliphatic rings. The number of ether oxygens (including phenoxy) is 1. The minimum Gasteiger partial charge on any atom is -0.491 e. The molecule has 0 aliphatic heterocycles. The van der Waals surface area contributed by atoms with Crippen molar-refractivity contribution < 1.29 is 4.74 Å². The summed E-state index contributed by atoms with van der Waals surface area (Å²) in [4.78, 5) is 0. The fourth-order valence-corrected chi connectivity index (χ4v) is 2.38. The lowest BCUT2D eigenvalue weighted by atomic mass is 10.2. The Kier molecular flexibility index (Phi) is 5.70. The summed E-state index contributed by atoms with van der Waals surface area (Å²) in [6.07, 6.45) is 0. The molecule has 0 radical (unpaired) electrons. The smallest absolute Gasteiger partial charge is 0.138 e. The summed E-state index contributed by atoms with van der Waals surface area (Å²) in [5.74, 6) is 0.714. The van der Waals surface area contributed by atoms with Crippen LogP contribution in [0.15, 0.2) is 53.0 Å². The van der Waals surface area contributed by atoms with Gasteiger partial charge in [-0.15, -0.1) is 0 Å². The van der Waals surface area contributed by atoms with Gasteiger partial charge in [-0.05, 0) is 23.8 Å². The zero-order valence-corrected chi connectivity index (χ0v) is 12.7. The third-order valence-electron chi connectivity index (χ3n) is 2.60. The number of halogens is 2. The van der Waals surface area contributed by atoms with Crippen molar-refractivity contribution in [3.05, 3.63) is 63.6 Å². The van der Waals surface area contributed by atoms with Crippen molar-refractivity contribution in [2.24, 2.45) is 0 Å². The molecular formula is C15H15BrClNO. The van der Waals surface area contributed by atoms with Gasteiger partial charge >= 0.3 is 0 Å². The van der Waals surface area contributed by atoms with Crippen LogP contribution in [0.3, 0.4) is 0 Å². The second-order valence-electron chi connectivity index (χ2n) is 4.09. The average molecular weight is 341 g/mol. The van der Waals surface area contributed by atoms with E-state index >= 15 is 0 Å². The highest BCUT2D eigenvalue weighted by atomic mass is 79.9. The molecule has 1 N–H and O–H groups in total. The molecule has 2 aromatic carbocycles. The summed E-state index contributed by atoms with van der Waals surface area (Å²) in [5, 5.41) is 3.95. The average Bonchev–Trinajstić information content (AvgIpc) is 2.42. The van der Waals surface area contributed by atoms with E-state index in [1.807, 2.05) is 36.4 Å². The molecule has 19 heavy (non-hydrogen) atoms. The van der Waals surface area contributed by atoms with Crippen LogP contribution < -0.4 is 10.1 Å². The maximum Gasteiger partial charge on any atom is 0.138 e. The molecule has 4 heteroatoms. The van der Waals surface area contributed by atoms with E-state index in [0.29, 0.717) is 17.4 Å². The van der Waals surface area contributed by atoms with Gasteiger partial charge in [-0.1, -0.05) is 57.9 Å². The van der Waals surface area contributed by atoms with Gasteiger partial charge in [0.05, 0.1) is 5.02 Å². The summed E-state index contributed by atoms with van der Waals surface area (Å²) in [6.45, 7) is 2.22. The van der Waals surface area contributed by atoms with Crippen molar-refractivity contribution in [1.29, 1.82) is 0 Å². The van der Waals surface area contributed by atoms with Gasteiger partial charge < -0.3 is 10.1 Å². The summed E-state index contributed by atoms with van der Waals surface area (Å²) in [7, 11) is 0. The van der Waals surface area contributed by atoms with Gasteiger partial charge in [-0.25, -0.2) is 0 Å². The number of rotatable bonds is 6. The van der Waals surface area contributed by atoms with Crippen LogP contribution in [0.2, 0.25) is 5.02 Å². The van der Waals surface area contributed by atoms with Gasteiger partial charge in [0, 0.05) is 17.6 Å². The van der Waals surface area contributed by atoms with Crippen LogP contribution in [0.1, 0.15) is 5.56 Å². The third kappa shape index (κ3) is 4.86. The van der Waals surface area contributed by atoms with Crippen molar-refractivity contribution >= 4 is 27.5 Å². The number of benzene rings is 2. The quantitative estimate of drug-likeness (QED) is 0.793. The van der Waals surface area contributed by atoms with E-state index in [0.717, 1.165) is 17.6 Å². The maximum atomic E-state index is 6.06. The Balaban J connectivity index is 1.69. The molecule has 2 rings (SSSR count). The van der Waals surface area contributed by atoms with Crippen LogP contribution in [-0.2, 0) is 6.54 Å². The lowest BCUT2D eigenvalue weighted by Gasteiger charge is -2.09. The van der Waals surface area contributed by atoms with Crippen LogP contribution in [-0.4, -0.2) is 13.2 Å². The van der Waals surface area contributed by atoms with Gasteiger partial charge in [0.25, 0.3) is 0 Å². The minimum atomic E-state index is 0.591. The fourth-order valence-electron chi connectivity index (χ4n) is 1.65. The Hall–Kier alpha value is -1.03. The Bertz CT molecular complexity index is 519. The normalized spacial score (nSPS) is 10.4. The standard InChI is InChI=1S/C15H15BrClNO/c16-13-6-7-15(14(17)10-13)19-9-8-18-11-12-4-2-1-3-5-12/h1-7,10,18H,8-9,11H2. The lowest BCUT2D eigenvalue weighted by molar-refractivity contribution is 0.314. The molecule has 0 spiro atoms. The molecule has 0 heterocycles. The highest BCUT2D eigenvalue weighted by molar-refractivity contribution is 9.10. The third-order valence-corrected chi connectivity index (χ3v) is 3.39. The summed E-state index contributed by atoms with van der Waals surface area (Å²) in [5.41, 5.74) is 1.27. The van der Waals surface area contributed by atoms with E-state index in [1.165, 1.54) is 5.56 Å². The van der Waals surface area contributed by atoms with E-state index in [9.17, 15) is 0 Å². The topological polar surface area (TPSA) is 21.3 Å². The Labute approximate surface area is 126 Å². The number of hydrogen-bond acceptors (Lipinski definition) is 2. The van der Waals surface area contributed by atoms with E-state index < -0.39 is 0 Å². The molecule has 0 saturated carbocycles. The molecule has 2 nitrogen and oxygen atoms in total. The first-order valence-electron chi connectivity index (χ1n) is 6.08. The van der Waals surface area contributed by atoms with Crippen LogP contribution >= 0.6 is 27.5 Å². The first-order chi connectivity index (χ1) is 9.25. The van der Waals surface area contributed by atoms with E-state index in [-0.39, 0.29) is 0 Å². The summed E-state index contributed by atoms with van der Waals surface area (Å²) < 4.78 is 6.57. The molecule has 0 aromatic heterocycles. The van der Waals surface area contributed by atoms with Crippen molar-refractivity contribution in [1.82, 2.24) is 5.32 Å². The summed E-state index contributed by atoms with van der Waals surface area (Å²) >= 11 is 9.43. The fraction of sp³-hybridized carbons (Fsp3) is 0.200. The van der Waals surface area contributed by atoms with E-state index in [1.54, 1.807) is 0 Å². The second kappa shape index (κ2) is 7.53. The number of nitrogens with one attached hydrogen (secondary N) is 1. The number of hydrogen-bond donors (Lipinski definition) is 1. The van der Waals surface area contributed by atoms with Crippen molar-refractivity contribution in [2.45, 2.75) is 6.54 Å². The highest BCUT2D eigenvalue weighted by Gasteiger charge is 2.01. The van der Waals surface area contributed by atoms with Crippen LogP contribution in [0, 0.1) is 0 Å². The van der Waals surface area contributed by atoms with Crippen molar-refractivity contribution in [3.63, 3.8) is 0 Å². The predicted octanol–water partition coefficient (Wildman–Crippen LogP) is 4.27. The maximum absolute atomic E-state index is 6.06. The molecule has 0 fully saturated rings. The van der Waals surface area contributed by atoms with Crippen LogP contribution in [0.25, 0.3) is 0 Å². The molecule has 100 valence electrons. The lowest BCUT2D eigenvalue weighted by Crippen LogP contribution is -2.20. The highest BCUT2D eigenvalue weighted by Crippen LogP contribution is 2.27. The van der Waals surface area contributed by atoms with Gasteiger partial charge in [-0.2, -0.15) is 0 Å². The zero-order valence-electron chi connectivity index (χ0n) is 10.4. The molecule has 0 aliphatic carbocycles. The molecule has 0 amide bonds. The monoisotopic (exact) mass is 339 g/mol. The molecular weight excluding hydrogens is 326 g/mol. The minimum absolute atomic E-state index is 0.591. The van der Waals surface area contributed by atoms with Gasteiger partial charge in [-0.3, -0.25) is 0 Å². The molecule has 0 bridgehead atoms. The SMILES string of the molecule is Clc1cc(Br)ccc1OCCNCc1ccccc1. The molecule has 0 saturated heterocycles. The first kappa shape index (κ1) is 14.4. The van der Waals surface area contributed by atoms with Crippen molar-refractivity contribution in [3.8, 4) is 5.75 Å². The van der Waals surface area contributed by atoms with Crippen molar-refractivity contribution in [2.75, 3.05) is 13.2 Å². The molecule has 2 aromatic rings. The molecule has 0 unspecified atom stereocenters.